The molecule has 0 bridgehead atoms. The van der Waals surface area contributed by atoms with E-state index in [2.05, 4.69) is 15.6 Å². The highest BCUT2D eigenvalue weighted by molar-refractivity contribution is 7.09. The summed E-state index contributed by atoms with van der Waals surface area (Å²) in [4.78, 5) is 50.5. The number of benzene rings is 2. The van der Waals surface area contributed by atoms with Crippen LogP contribution in [0.15, 0.2) is 58.8 Å². The summed E-state index contributed by atoms with van der Waals surface area (Å²) in [6.45, 7) is 3.99. The standard InChI is InChI=1S/C28H26Cl2N6O3S/c1-15-12-20-23(14-35(15)26(38)18-6-9-21(29)22(30)13-18)34-28(33-16(2)25-32-10-11-40-25)36(27(20)39)19-7-4-17(5-8-19)24(37)31-3/h4-11,13,15-16H,12,14H2,1-3H3,(H,31,37)(H,33,34)/t15-,16?/m1/s1. The van der Waals surface area contributed by atoms with Gasteiger partial charge in [0, 0.05) is 41.4 Å². The number of nitrogens with one attached hydrogen (secondary N) is 2. The van der Waals surface area contributed by atoms with Crippen molar-refractivity contribution in [2.45, 2.75) is 38.9 Å². The highest BCUT2D eigenvalue weighted by Crippen LogP contribution is 2.28. The molecule has 0 radical (unpaired) electrons. The predicted octanol–water partition coefficient (Wildman–Crippen LogP) is 5.12. The third kappa shape index (κ3) is 5.34. The highest BCUT2D eigenvalue weighted by atomic mass is 35.5. The van der Waals surface area contributed by atoms with Gasteiger partial charge >= 0.3 is 0 Å². The van der Waals surface area contributed by atoms with Crippen molar-refractivity contribution in [3.8, 4) is 5.69 Å². The molecule has 0 aliphatic carbocycles. The Balaban J connectivity index is 1.57. The lowest BCUT2D eigenvalue weighted by atomic mass is 9.98. The third-order valence-electron chi connectivity index (χ3n) is 6.82. The molecule has 2 aromatic heterocycles. The van der Waals surface area contributed by atoms with Crippen LogP contribution in [0.1, 0.15) is 56.9 Å². The van der Waals surface area contributed by atoms with Gasteiger partial charge in [0.25, 0.3) is 17.4 Å². The van der Waals surface area contributed by atoms with E-state index in [0.29, 0.717) is 50.5 Å². The second-order valence-corrected chi connectivity index (χ2v) is 11.2. The molecule has 9 nitrogen and oxygen atoms in total. The number of amides is 2. The van der Waals surface area contributed by atoms with Gasteiger partial charge in [-0.1, -0.05) is 23.2 Å². The first kappa shape index (κ1) is 27.8. The zero-order chi connectivity index (χ0) is 28.6. The van der Waals surface area contributed by atoms with Crippen LogP contribution in [0, 0.1) is 0 Å². The maximum Gasteiger partial charge on any atom is 0.263 e. The van der Waals surface area contributed by atoms with Crippen LogP contribution in [-0.4, -0.2) is 44.3 Å². The summed E-state index contributed by atoms with van der Waals surface area (Å²) in [7, 11) is 1.56. The topological polar surface area (TPSA) is 109 Å². The Labute approximate surface area is 244 Å². The van der Waals surface area contributed by atoms with Crippen LogP contribution in [0.3, 0.4) is 0 Å². The van der Waals surface area contributed by atoms with Crippen LogP contribution >= 0.6 is 34.5 Å². The lowest BCUT2D eigenvalue weighted by Crippen LogP contribution is -2.46. The number of hydrogen-bond donors (Lipinski definition) is 2. The Kier molecular flexibility index (Phi) is 7.93. The zero-order valence-corrected chi connectivity index (χ0v) is 24.3. The van der Waals surface area contributed by atoms with Crippen molar-refractivity contribution in [1.82, 2.24) is 24.8 Å². The van der Waals surface area contributed by atoms with Crippen molar-refractivity contribution in [1.29, 1.82) is 0 Å². The number of carbonyl (C=O) groups is 2. The first-order chi connectivity index (χ1) is 19.2. The molecule has 0 fully saturated rings. The highest BCUT2D eigenvalue weighted by Gasteiger charge is 2.32. The van der Waals surface area contributed by atoms with Crippen molar-refractivity contribution in [3.05, 3.63) is 102 Å². The fraction of sp³-hybridized carbons (Fsp3) is 0.250. The van der Waals surface area contributed by atoms with E-state index in [1.54, 1.807) is 60.6 Å². The molecular formula is C28H26Cl2N6O3S. The molecule has 2 atom stereocenters. The number of carbonyl (C=O) groups excluding carboxylic acids is 2. The number of nitrogens with zero attached hydrogens (tertiary/aromatic N) is 4. The molecule has 2 aromatic carbocycles. The van der Waals surface area contributed by atoms with Crippen molar-refractivity contribution in [3.63, 3.8) is 0 Å². The molecule has 40 heavy (non-hydrogen) atoms. The monoisotopic (exact) mass is 596 g/mol. The van der Waals surface area contributed by atoms with Gasteiger partial charge in [0.1, 0.15) is 5.01 Å². The Morgan fingerprint density at radius 3 is 2.48 bits per heavy atom. The maximum atomic E-state index is 14.0. The minimum atomic E-state index is -0.263. The summed E-state index contributed by atoms with van der Waals surface area (Å²) in [6, 6.07) is 11.0. The minimum absolute atomic E-state index is 0.154. The Morgan fingerprint density at radius 1 is 1.10 bits per heavy atom. The molecule has 1 aliphatic rings. The number of rotatable bonds is 6. The number of anilines is 1. The summed E-state index contributed by atoms with van der Waals surface area (Å²) >= 11 is 13.7. The van der Waals surface area contributed by atoms with Gasteiger partial charge in [-0.05, 0) is 62.7 Å². The van der Waals surface area contributed by atoms with Crippen molar-refractivity contribution in [2.75, 3.05) is 12.4 Å². The Hall–Kier alpha value is -3.73. The number of hydrogen-bond acceptors (Lipinski definition) is 7. The van der Waals surface area contributed by atoms with Gasteiger partial charge < -0.3 is 15.5 Å². The maximum absolute atomic E-state index is 14.0. The van der Waals surface area contributed by atoms with E-state index >= 15 is 0 Å². The fourth-order valence-corrected chi connectivity index (χ4v) is 5.62. The zero-order valence-electron chi connectivity index (χ0n) is 21.9. The van der Waals surface area contributed by atoms with Crippen molar-refractivity contribution in [2.24, 2.45) is 0 Å². The molecule has 0 saturated carbocycles. The quantitative estimate of drug-likeness (QED) is 0.320. The SMILES string of the molecule is CNC(=O)c1ccc(-n2c(NC(C)c3nccs3)nc3c(c2=O)C[C@@H](C)N(C(=O)c2ccc(Cl)c(Cl)c2)C3)cc1. The van der Waals surface area contributed by atoms with E-state index in [-0.39, 0.29) is 36.0 Å². The average Bonchev–Trinajstić information content (AvgIpc) is 3.50. The van der Waals surface area contributed by atoms with E-state index in [1.165, 1.54) is 15.9 Å². The van der Waals surface area contributed by atoms with Gasteiger partial charge in [-0.2, -0.15) is 0 Å². The molecule has 1 aliphatic heterocycles. The lowest BCUT2D eigenvalue weighted by Gasteiger charge is -2.35. The van der Waals surface area contributed by atoms with E-state index in [4.69, 9.17) is 28.2 Å². The molecule has 0 saturated heterocycles. The first-order valence-electron chi connectivity index (χ1n) is 12.6. The van der Waals surface area contributed by atoms with Gasteiger partial charge in [0.2, 0.25) is 5.95 Å². The van der Waals surface area contributed by atoms with Crippen LogP contribution in [-0.2, 0) is 13.0 Å². The second kappa shape index (κ2) is 11.4. The van der Waals surface area contributed by atoms with E-state index in [1.807, 2.05) is 19.2 Å². The number of thiazole rings is 1. The lowest BCUT2D eigenvalue weighted by molar-refractivity contribution is 0.0653. The van der Waals surface area contributed by atoms with Gasteiger partial charge in [-0.25, -0.2) is 14.5 Å². The van der Waals surface area contributed by atoms with Gasteiger partial charge in [0.05, 0.1) is 34.0 Å². The molecule has 5 rings (SSSR count). The number of fused-ring (bicyclic) bond motifs is 1. The van der Waals surface area contributed by atoms with Gasteiger partial charge in [0.15, 0.2) is 0 Å². The second-order valence-electron chi connectivity index (χ2n) is 9.48. The normalized spacial score (nSPS) is 15.3. The molecule has 206 valence electrons. The molecule has 1 unspecified atom stereocenters. The van der Waals surface area contributed by atoms with Crippen LogP contribution in [0.25, 0.3) is 5.69 Å². The van der Waals surface area contributed by atoms with E-state index in [0.717, 1.165) is 5.01 Å². The molecule has 0 spiro atoms. The Morgan fingerprint density at radius 2 is 1.82 bits per heavy atom. The Bertz CT molecular complexity index is 1640. The fourth-order valence-electron chi connectivity index (χ4n) is 4.67. The summed E-state index contributed by atoms with van der Waals surface area (Å²) in [5.41, 5.74) is 2.26. The van der Waals surface area contributed by atoms with E-state index < -0.39 is 0 Å². The van der Waals surface area contributed by atoms with E-state index in [9.17, 15) is 14.4 Å². The molecule has 2 amide bonds. The van der Waals surface area contributed by atoms with Gasteiger partial charge in [-0.15, -0.1) is 11.3 Å². The summed E-state index contributed by atoms with van der Waals surface area (Å²) in [6.07, 6.45) is 2.05. The van der Waals surface area contributed by atoms with Crippen LogP contribution in [0.5, 0.6) is 0 Å². The van der Waals surface area contributed by atoms with Crippen LogP contribution < -0.4 is 16.2 Å². The van der Waals surface area contributed by atoms with Crippen molar-refractivity contribution >= 4 is 52.3 Å². The van der Waals surface area contributed by atoms with Gasteiger partial charge in [-0.3, -0.25) is 14.4 Å². The smallest absolute Gasteiger partial charge is 0.263 e. The summed E-state index contributed by atoms with van der Waals surface area (Å²) in [5, 5.41) is 9.31. The third-order valence-corrected chi connectivity index (χ3v) is 8.52. The first-order valence-corrected chi connectivity index (χ1v) is 14.2. The van der Waals surface area contributed by atoms with Crippen LogP contribution in [0.4, 0.5) is 5.95 Å². The average molecular weight is 598 g/mol. The molecule has 12 heteroatoms. The predicted molar refractivity (Wildman–Crippen MR) is 157 cm³/mol. The molecule has 3 heterocycles. The number of aromatic nitrogens is 3. The molecule has 4 aromatic rings. The van der Waals surface area contributed by atoms with Crippen LogP contribution in [0.2, 0.25) is 10.0 Å². The van der Waals surface area contributed by atoms with Crippen molar-refractivity contribution < 1.29 is 9.59 Å². The molecular weight excluding hydrogens is 571 g/mol. The summed E-state index contributed by atoms with van der Waals surface area (Å²) in [5.74, 6) is -0.132. The minimum Gasteiger partial charge on any atom is -0.355 e. The largest absolute Gasteiger partial charge is 0.355 e. The summed E-state index contributed by atoms with van der Waals surface area (Å²) < 4.78 is 1.51. The molecule has 2 N–H and O–H groups in total. The number of halogens is 2.